The number of ether oxygens (including phenoxy) is 1. The van der Waals surface area contributed by atoms with E-state index in [0.29, 0.717) is 6.54 Å². The summed E-state index contributed by atoms with van der Waals surface area (Å²) in [6.45, 7) is 10.9. The summed E-state index contributed by atoms with van der Waals surface area (Å²) in [5.41, 5.74) is 1.23. The zero-order chi connectivity index (χ0) is 18.6. The fourth-order valence-electron chi connectivity index (χ4n) is 2.98. The summed E-state index contributed by atoms with van der Waals surface area (Å²) in [7, 11) is 3.23. The van der Waals surface area contributed by atoms with Crippen LogP contribution in [0.4, 0.5) is 0 Å². The molecule has 0 aromatic carbocycles. The van der Waals surface area contributed by atoms with E-state index in [0.717, 1.165) is 36.2 Å². The van der Waals surface area contributed by atoms with Crippen molar-refractivity contribution in [2.45, 2.75) is 39.5 Å². The van der Waals surface area contributed by atoms with Gasteiger partial charge in [-0.2, -0.15) is 0 Å². The molecule has 2 unspecified atom stereocenters. The molecule has 2 rings (SSSR count). The lowest BCUT2D eigenvalue weighted by Gasteiger charge is -2.21. The Morgan fingerprint density at radius 1 is 1.48 bits per heavy atom. The number of thiazole rings is 1. The molecule has 1 aliphatic rings. The number of hydrogen-bond acceptors (Lipinski definition) is 5. The maximum absolute atomic E-state index is 11.8. The van der Waals surface area contributed by atoms with Crippen molar-refractivity contribution in [1.82, 2.24) is 15.2 Å². The number of rotatable bonds is 4. The lowest BCUT2D eigenvalue weighted by Crippen LogP contribution is -2.41. The number of carbonyl (C=O) groups excluding carboxylic acids is 1. The van der Waals surface area contributed by atoms with Crippen molar-refractivity contribution in [1.29, 1.82) is 0 Å². The van der Waals surface area contributed by atoms with Crippen molar-refractivity contribution in [2.75, 3.05) is 33.8 Å². The largest absolute Gasteiger partial charge is 0.469 e. The number of aliphatic imine (C=N–C) groups is 1. The maximum Gasteiger partial charge on any atom is 0.310 e. The van der Waals surface area contributed by atoms with Crippen molar-refractivity contribution >= 4 is 23.3 Å². The van der Waals surface area contributed by atoms with Crippen LogP contribution in [-0.4, -0.2) is 55.6 Å². The first-order valence-corrected chi connectivity index (χ1v) is 9.62. The highest BCUT2D eigenvalue weighted by Gasteiger charge is 2.36. The molecule has 2 heterocycles. The van der Waals surface area contributed by atoms with Crippen molar-refractivity contribution in [3.8, 4) is 0 Å². The van der Waals surface area contributed by atoms with Crippen LogP contribution in [0.3, 0.4) is 0 Å². The standard InChI is InChI=1S/C18H30N4O2S/c1-12-9-22(10-13(12)16(23)24-6)17(19-5)20-8-7-15-21-14(11-25-15)18(2,3)4/h11-13H,7-10H2,1-6H3,(H,19,20). The fourth-order valence-corrected chi connectivity index (χ4v) is 4.01. The van der Waals surface area contributed by atoms with E-state index < -0.39 is 0 Å². The molecule has 1 saturated heterocycles. The Morgan fingerprint density at radius 3 is 2.76 bits per heavy atom. The molecule has 0 saturated carbocycles. The Morgan fingerprint density at radius 2 is 2.20 bits per heavy atom. The number of methoxy groups -OCH3 is 1. The van der Waals surface area contributed by atoms with Crippen molar-refractivity contribution in [2.24, 2.45) is 16.8 Å². The molecule has 6 nitrogen and oxygen atoms in total. The molecule has 2 atom stereocenters. The third kappa shape index (κ3) is 4.93. The molecule has 1 fully saturated rings. The molecular formula is C18H30N4O2S. The van der Waals surface area contributed by atoms with E-state index in [9.17, 15) is 4.79 Å². The monoisotopic (exact) mass is 366 g/mol. The molecule has 0 bridgehead atoms. The van der Waals surface area contributed by atoms with Crippen molar-refractivity contribution in [3.63, 3.8) is 0 Å². The summed E-state index contributed by atoms with van der Waals surface area (Å²) in [5.74, 6) is 0.880. The van der Waals surface area contributed by atoms with E-state index in [1.165, 1.54) is 7.11 Å². The number of esters is 1. The fraction of sp³-hybridized carbons (Fsp3) is 0.722. The van der Waals surface area contributed by atoms with Gasteiger partial charge >= 0.3 is 5.97 Å². The number of nitrogens with one attached hydrogen (secondary N) is 1. The van der Waals surface area contributed by atoms with Gasteiger partial charge in [-0.1, -0.05) is 27.7 Å². The molecule has 1 aromatic rings. The molecule has 0 aliphatic carbocycles. The Balaban J connectivity index is 1.87. The van der Waals surface area contributed by atoms with Crippen LogP contribution >= 0.6 is 11.3 Å². The van der Waals surface area contributed by atoms with Gasteiger partial charge in [0.25, 0.3) is 0 Å². The third-order valence-corrected chi connectivity index (χ3v) is 5.48. The molecule has 1 aromatic heterocycles. The highest BCUT2D eigenvalue weighted by Crippen LogP contribution is 2.25. The normalized spacial score (nSPS) is 21.5. The molecule has 0 amide bonds. The van der Waals surface area contributed by atoms with E-state index in [-0.39, 0.29) is 23.2 Å². The van der Waals surface area contributed by atoms with Gasteiger partial charge < -0.3 is 15.0 Å². The number of guanidine groups is 1. The van der Waals surface area contributed by atoms with Gasteiger partial charge in [0.15, 0.2) is 5.96 Å². The number of nitrogens with zero attached hydrogens (tertiary/aromatic N) is 3. The van der Waals surface area contributed by atoms with Gasteiger partial charge in [-0.15, -0.1) is 11.3 Å². The zero-order valence-electron chi connectivity index (χ0n) is 16.1. The second-order valence-electron chi connectivity index (χ2n) is 7.61. The highest BCUT2D eigenvalue weighted by atomic mass is 32.1. The van der Waals surface area contributed by atoms with Crippen molar-refractivity contribution < 1.29 is 9.53 Å². The molecule has 1 N–H and O–H groups in total. The minimum absolute atomic E-state index is 0.0862. The first-order chi connectivity index (χ1) is 11.8. The summed E-state index contributed by atoms with van der Waals surface area (Å²) in [5, 5.41) is 6.68. The lowest BCUT2D eigenvalue weighted by atomic mass is 9.93. The van der Waals surface area contributed by atoms with Gasteiger partial charge in [0.1, 0.15) is 0 Å². The summed E-state index contributed by atoms with van der Waals surface area (Å²) >= 11 is 1.71. The second-order valence-corrected chi connectivity index (χ2v) is 8.56. The summed E-state index contributed by atoms with van der Waals surface area (Å²) in [6.07, 6.45) is 0.865. The predicted molar refractivity (Wildman–Crippen MR) is 102 cm³/mol. The van der Waals surface area contributed by atoms with Gasteiger partial charge in [0, 0.05) is 43.9 Å². The molecular weight excluding hydrogens is 336 g/mol. The van der Waals surface area contributed by atoms with Crippen LogP contribution in [0.25, 0.3) is 0 Å². The minimum Gasteiger partial charge on any atom is -0.469 e. The molecule has 25 heavy (non-hydrogen) atoms. The van der Waals surface area contributed by atoms with Gasteiger partial charge in [-0.3, -0.25) is 9.79 Å². The van der Waals surface area contributed by atoms with Crippen LogP contribution in [0, 0.1) is 11.8 Å². The van der Waals surface area contributed by atoms with Crippen LogP contribution in [0.2, 0.25) is 0 Å². The number of hydrogen-bond donors (Lipinski definition) is 1. The number of carbonyl (C=O) groups is 1. The zero-order valence-corrected chi connectivity index (χ0v) is 16.9. The van der Waals surface area contributed by atoms with E-state index >= 15 is 0 Å². The summed E-state index contributed by atoms with van der Waals surface area (Å²) in [4.78, 5) is 23.1. The summed E-state index contributed by atoms with van der Waals surface area (Å²) < 4.78 is 4.90. The Hall–Kier alpha value is -1.63. The average Bonchev–Trinajstić information content (AvgIpc) is 3.17. The molecule has 140 valence electrons. The van der Waals surface area contributed by atoms with E-state index in [1.807, 2.05) is 0 Å². The second kappa shape index (κ2) is 8.17. The van der Waals surface area contributed by atoms with Crippen LogP contribution < -0.4 is 5.32 Å². The van der Waals surface area contributed by atoms with Gasteiger partial charge in [-0.25, -0.2) is 4.98 Å². The van der Waals surface area contributed by atoms with Gasteiger partial charge in [0.2, 0.25) is 0 Å². The molecule has 0 radical (unpaired) electrons. The van der Waals surface area contributed by atoms with E-state index in [1.54, 1.807) is 18.4 Å². The van der Waals surface area contributed by atoms with Crippen LogP contribution in [0.1, 0.15) is 38.4 Å². The minimum atomic E-state index is -0.136. The number of likely N-dealkylation sites (tertiary alicyclic amines) is 1. The van der Waals surface area contributed by atoms with Crippen molar-refractivity contribution in [3.05, 3.63) is 16.1 Å². The predicted octanol–water partition coefficient (Wildman–Crippen LogP) is 2.30. The van der Waals surface area contributed by atoms with Crippen LogP contribution in [-0.2, 0) is 21.4 Å². The summed E-state index contributed by atoms with van der Waals surface area (Å²) in [6, 6.07) is 0. The molecule has 1 aliphatic heterocycles. The van der Waals surface area contributed by atoms with Gasteiger partial charge in [-0.05, 0) is 5.92 Å². The highest BCUT2D eigenvalue weighted by molar-refractivity contribution is 7.09. The Bertz CT molecular complexity index is 621. The first kappa shape index (κ1) is 19.7. The Labute approximate surface area is 154 Å². The smallest absolute Gasteiger partial charge is 0.310 e. The quantitative estimate of drug-likeness (QED) is 0.503. The first-order valence-electron chi connectivity index (χ1n) is 8.74. The maximum atomic E-state index is 11.8. The average molecular weight is 367 g/mol. The number of aromatic nitrogens is 1. The van der Waals surface area contributed by atoms with Crippen LogP contribution in [0.15, 0.2) is 10.4 Å². The SMILES string of the molecule is CN=C(NCCc1nc(C(C)(C)C)cs1)N1CC(C)C(C(=O)OC)C1. The molecule has 0 spiro atoms. The lowest BCUT2D eigenvalue weighted by molar-refractivity contribution is -0.145. The van der Waals surface area contributed by atoms with Gasteiger partial charge in [0.05, 0.1) is 23.7 Å². The van der Waals surface area contributed by atoms with E-state index in [4.69, 9.17) is 9.72 Å². The van der Waals surface area contributed by atoms with Crippen LogP contribution in [0.5, 0.6) is 0 Å². The van der Waals surface area contributed by atoms with E-state index in [2.05, 4.69) is 48.3 Å². The topological polar surface area (TPSA) is 66.8 Å². The molecule has 7 heteroatoms. The Kier molecular flexibility index (Phi) is 6.43. The third-order valence-electron chi connectivity index (χ3n) is 4.57.